The van der Waals surface area contributed by atoms with Crippen molar-refractivity contribution in [3.63, 3.8) is 0 Å². The third-order valence-corrected chi connectivity index (χ3v) is 3.85. The van der Waals surface area contributed by atoms with Gasteiger partial charge in [-0.05, 0) is 12.1 Å². The average Bonchev–Trinajstić information content (AvgIpc) is 2.65. The molecule has 1 fully saturated rings. The molecule has 5 atom stereocenters. The Hall–Kier alpha value is -2.98. The lowest BCUT2D eigenvalue weighted by molar-refractivity contribution is -0.279. The van der Waals surface area contributed by atoms with Gasteiger partial charge in [-0.3, -0.25) is 14.4 Å². The summed E-state index contributed by atoms with van der Waals surface area (Å²) in [5, 5.41) is 10.4. The summed E-state index contributed by atoms with van der Waals surface area (Å²) in [4.78, 5) is 46.2. The molecule has 28 heavy (non-hydrogen) atoms. The summed E-state index contributed by atoms with van der Waals surface area (Å²) in [5.41, 5.74) is 0.164. The lowest BCUT2D eigenvalue weighted by atomic mass is 9.98. The summed E-state index contributed by atoms with van der Waals surface area (Å²) in [6.07, 6.45) is -7.13. The molecule has 0 spiro atoms. The standard InChI is InChI=1S/C18H20O10/c1-9(20)25-14-13(22)15(17(23)24-3)28-18(16(14)26-10(2)21)27-12-7-5-4-6-11(12)8-19/h4-8,13-16,18,22H,1-3H3/t13-,14-,15-,16+,18+/m0/s1. The highest BCUT2D eigenvalue weighted by atomic mass is 16.7. The van der Waals surface area contributed by atoms with Crippen molar-refractivity contribution in [1.29, 1.82) is 0 Å². The number of aldehydes is 1. The van der Waals surface area contributed by atoms with E-state index >= 15 is 0 Å². The minimum Gasteiger partial charge on any atom is -0.467 e. The zero-order valence-electron chi connectivity index (χ0n) is 15.4. The van der Waals surface area contributed by atoms with E-state index in [0.29, 0.717) is 6.29 Å². The molecule has 2 rings (SSSR count). The van der Waals surface area contributed by atoms with Crippen LogP contribution in [0.4, 0.5) is 0 Å². The molecule has 1 aromatic rings. The highest BCUT2D eigenvalue weighted by molar-refractivity contribution is 5.79. The zero-order chi connectivity index (χ0) is 20.8. The van der Waals surface area contributed by atoms with Gasteiger partial charge < -0.3 is 28.8 Å². The minimum atomic E-state index is -1.69. The molecule has 0 radical (unpaired) electrons. The summed E-state index contributed by atoms with van der Waals surface area (Å²) >= 11 is 0. The summed E-state index contributed by atoms with van der Waals surface area (Å²) in [5.74, 6) is -2.45. The number of hydrogen-bond acceptors (Lipinski definition) is 10. The van der Waals surface area contributed by atoms with E-state index in [4.69, 9.17) is 18.9 Å². The Morgan fingerprint density at radius 2 is 1.68 bits per heavy atom. The fourth-order valence-corrected chi connectivity index (χ4v) is 2.68. The summed E-state index contributed by atoms with van der Waals surface area (Å²) in [6.45, 7) is 2.18. The van der Waals surface area contributed by atoms with Gasteiger partial charge in [0.1, 0.15) is 11.9 Å². The third-order valence-electron chi connectivity index (χ3n) is 3.85. The van der Waals surface area contributed by atoms with Gasteiger partial charge in [0.05, 0.1) is 12.7 Å². The smallest absolute Gasteiger partial charge is 0.338 e. The first-order chi connectivity index (χ1) is 13.3. The Morgan fingerprint density at radius 3 is 2.25 bits per heavy atom. The van der Waals surface area contributed by atoms with Crippen molar-refractivity contribution in [3.05, 3.63) is 29.8 Å². The van der Waals surface area contributed by atoms with Gasteiger partial charge in [-0.2, -0.15) is 0 Å². The predicted molar refractivity (Wildman–Crippen MR) is 90.2 cm³/mol. The van der Waals surface area contributed by atoms with E-state index in [1.165, 1.54) is 12.1 Å². The Morgan fingerprint density at radius 1 is 1.07 bits per heavy atom. The van der Waals surface area contributed by atoms with Crippen molar-refractivity contribution < 1.29 is 48.0 Å². The number of para-hydroxylation sites is 1. The van der Waals surface area contributed by atoms with E-state index in [1.807, 2.05) is 0 Å². The number of hydrogen-bond donors (Lipinski definition) is 1. The predicted octanol–water partition coefficient (Wildman–Crippen LogP) is 0.0001000. The monoisotopic (exact) mass is 396 g/mol. The normalized spacial score (nSPS) is 26.6. The SMILES string of the molecule is COC(=O)[C@H]1O[C@@H](Oc2ccccc2C=O)[C@H](OC(C)=O)[C@@H](OC(C)=O)[C@@H]1O. The lowest BCUT2D eigenvalue weighted by Gasteiger charge is -2.41. The van der Waals surface area contributed by atoms with Gasteiger partial charge in [0, 0.05) is 13.8 Å². The fourth-order valence-electron chi connectivity index (χ4n) is 2.68. The van der Waals surface area contributed by atoms with Crippen molar-refractivity contribution >= 4 is 24.2 Å². The molecular weight excluding hydrogens is 376 g/mol. The number of aliphatic hydroxyl groups is 1. The Kier molecular flexibility index (Phi) is 7.07. The Balaban J connectivity index is 2.43. The van der Waals surface area contributed by atoms with Crippen molar-refractivity contribution in [1.82, 2.24) is 0 Å². The van der Waals surface area contributed by atoms with Crippen molar-refractivity contribution in [3.8, 4) is 5.75 Å². The first-order valence-electron chi connectivity index (χ1n) is 8.25. The summed E-state index contributed by atoms with van der Waals surface area (Å²) < 4.78 is 25.9. The highest BCUT2D eigenvalue weighted by Crippen LogP contribution is 2.30. The van der Waals surface area contributed by atoms with Gasteiger partial charge >= 0.3 is 17.9 Å². The molecule has 1 aliphatic rings. The molecule has 152 valence electrons. The first-order valence-corrected chi connectivity index (χ1v) is 8.25. The third kappa shape index (κ3) is 4.84. The van der Waals surface area contributed by atoms with Gasteiger partial charge in [0.25, 0.3) is 0 Å². The molecular formula is C18H20O10. The highest BCUT2D eigenvalue weighted by Gasteiger charge is 2.53. The van der Waals surface area contributed by atoms with Crippen LogP contribution >= 0.6 is 0 Å². The van der Waals surface area contributed by atoms with Crippen molar-refractivity contribution in [2.24, 2.45) is 0 Å². The molecule has 0 aliphatic carbocycles. The summed E-state index contributed by atoms with van der Waals surface area (Å²) in [6, 6.07) is 6.12. The number of carbonyl (C=O) groups is 4. The maximum atomic E-state index is 12.0. The zero-order valence-corrected chi connectivity index (χ0v) is 15.4. The van der Waals surface area contributed by atoms with Gasteiger partial charge in [-0.1, -0.05) is 12.1 Å². The average molecular weight is 396 g/mol. The number of aliphatic hydroxyl groups excluding tert-OH is 1. The molecule has 1 aromatic carbocycles. The second-order valence-corrected chi connectivity index (χ2v) is 5.86. The number of esters is 3. The molecule has 1 saturated heterocycles. The first kappa shape index (κ1) is 21.3. The molecule has 0 unspecified atom stereocenters. The molecule has 0 saturated carbocycles. The quantitative estimate of drug-likeness (QED) is 0.398. The van der Waals surface area contributed by atoms with Gasteiger partial charge in [0.15, 0.2) is 18.5 Å². The number of benzene rings is 1. The van der Waals surface area contributed by atoms with Crippen molar-refractivity contribution in [2.75, 3.05) is 7.11 Å². The van der Waals surface area contributed by atoms with Crippen LogP contribution in [0.15, 0.2) is 24.3 Å². The summed E-state index contributed by atoms with van der Waals surface area (Å²) in [7, 11) is 1.08. The second kappa shape index (κ2) is 9.29. The van der Waals surface area contributed by atoms with E-state index in [1.54, 1.807) is 12.1 Å². The van der Waals surface area contributed by atoms with E-state index in [-0.39, 0.29) is 11.3 Å². The van der Waals surface area contributed by atoms with Crippen LogP contribution in [0.3, 0.4) is 0 Å². The second-order valence-electron chi connectivity index (χ2n) is 5.86. The van der Waals surface area contributed by atoms with Crippen LogP contribution in [-0.2, 0) is 33.3 Å². The molecule has 0 bridgehead atoms. The fraction of sp³-hybridized carbons (Fsp3) is 0.444. The van der Waals surface area contributed by atoms with Crippen LogP contribution in [0.5, 0.6) is 5.75 Å². The van der Waals surface area contributed by atoms with Gasteiger partial charge in [0.2, 0.25) is 12.4 Å². The molecule has 1 aliphatic heterocycles. The minimum absolute atomic E-state index is 0.0706. The van der Waals surface area contributed by atoms with Crippen LogP contribution < -0.4 is 4.74 Å². The molecule has 1 N–H and O–H groups in total. The van der Waals surface area contributed by atoms with E-state index in [2.05, 4.69) is 4.74 Å². The van der Waals surface area contributed by atoms with E-state index in [0.717, 1.165) is 21.0 Å². The van der Waals surface area contributed by atoms with Crippen LogP contribution in [0, 0.1) is 0 Å². The number of carbonyl (C=O) groups excluding carboxylic acids is 4. The molecule has 1 heterocycles. The largest absolute Gasteiger partial charge is 0.467 e. The molecule has 10 nitrogen and oxygen atoms in total. The van der Waals surface area contributed by atoms with E-state index in [9.17, 15) is 24.3 Å². The number of ether oxygens (including phenoxy) is 5. The maximum Gasteiger partial charge on any atom is 0.338 e. The van der Waals surface area contributed by atoms with Gasteiger partial charge in [-0.15, -0.1) is 0 Å². The molecule has 0 aromatic heterocycles. The number of methoxy groups -OCH3 is 1. The maximum absolute atomic E-state index is 12.0. The Labute approximate surface area is 160 Å². The molecule has 10 heteroatoms. The molecule has 0 amide bonds. The van der Waals surface area contributed by atoms with Crippen LogP contribution in [0.25, 0.3) is 0 Å². The van der Waals surface area contributed by atoms with Crippen LogP contribution in [0.1, 0.15) is 24.2 Å². The van der Waals surface area contributed by atoms with Crippen LogP contribution in [0.2, 0.25) is 0 Å². The topological polar surface area (TPSA) is 135 Å². The van der Waals surface area contributed by atoms with E-state index < -0.39 is 48.6 Å². The number of rotatable bonds is 6. The van der Waals surface area contributed by atoms with Gasteiger partial charge in [-0.25, -0.2) is 4.79 Å². The lowest BCUT2D eigenvalue weighted by Crippen LogP contribution is -2.63. The Bertz CT molecular complexity index is 746. The van der Waals surface area contributed by atoms with Crippen molar-refractivity contribution in [2.45, 2.75) is 44.6 Å². The van der Waals surface area contributed by atoms with Crippen LogP contribution in [-0.4, -0.2) is 67.1 Å².